The lowest BCUT2D eigenvalue weighted by molar-refractivity contribution is -0.118. The summed E-state index contributed by atoms with van der Waals surface area (Å²) in [5.41, 5.74) is -0.355. The highest BCUT2D eigenvalue weighted by molar-refractivity contribution is 6.02. The molecule has 0 saturated carbocycles. The molecule has 0 fully saturated rings. The zero-order chi connectivity index (χ0) is 13.2. The molecule has 17 heavy (non-hydrogen) atoms. The summed E-state index contributed by atoms with van der Waals surface area (Å²) in [5.74, 6) is -3.41. The number of aliphatic hydroxyl groups is 2. The van der Waals surface area contributed by atoms with E-state index >= 15 is 0 Å². The van der Waals surface area contributed by atoms with Crippen molar-refractivity contribution in [3.8, 4) is 17.2 Å². The molecule has 0 aliphatic rings. The van der Waals surface area contributed by atoms with Gasteiger partial charge in [-0.2, -0.15) is 0 Å². The first-order valence-electron chi connectivity index (χ1n) is 4.49. The summed E-state index contributed by atoms with van der Waals surface area (Å²) >= 11 is 0. The van der Waals surface area contributed by atoms with Gasteiger partial charge in [0, 0.05) is 5.56 Å². The van der Waals surface area contributed by atoms with Crippen LogP contribution in [-0.4, -0.2) is 49.8 Å². The number of ketones is 1. The van der Waals surface area contributed by atoms with Crippen molar-refractivity contribution in [1.29, 1.82) is 0 Å². The van der Waals surface area contributed by atoms with Gasteiger partial charge in [-0.05, 0) is 12.1 Å². The van der Waals surface area contributed by atoms with Crippen molar-refractivity contribution in [3.63, 3.8) is 0 Å². The second-order valence-corrected chi connectivity index (χ2v) is 3.30. The van der Waals surface area contributed by atoms with Crippen molar-refractivity contribution in [3.05, 3.63) is 17.7 Å². The molecule has 1 aromatic carbocycles. The number of phenols is 3. The van der Waals surface area contributed by atoms with Crippen molar-refractivity contribution in [1.82, 2.24) is 0 Å². The van der Waals surface area contributed by atoms with E-state index in [0.29, 0.717) is 0 Å². The van der Waals surface area contributed by atoms with E-state index < -0.39 is 35.2 Å². The van der Waals surface area contributed by atoms with Crippen LogP contribution < -0.4 is 0 Å². The third-order valence-corrected chi connectivity index (χ3v) is 2.09. The minimum Gasteiger partial charge on any atom is -0.504 e. The van der Waals surface area contributed by atoms with E-state index in [1.807, 2.05) is 0 Å². The number of hydrogen-bond donors (Lipinski definition) is 5. The number of aliphatic hydroxyl groups excluding tert-OH is 2. The fraction of sp³-hybridized carbons (Fsp3) is 0.200. The fourth-order valence-corrected chi connectivity index (χ4v) is 1.15. The highest BCUT2D eigenvalue weighted by Gasteiger charge is 2.26. The van der Waals surface area contributed by atoms with Crippen molar-refractivity contribution in [2.24, 2.45) is 0 Å². The van der Waals surface area contributed by atoms with Gasteiger partial charge in [0.15, 0.2) is 29.3 Å². The average Bonchev–Trinajstić information content (AvgIpc) is 2.32. The lowest BCUT2D eigenvalue weighted by atomic mass is 10.0. The molecule has 0 spiro atoms. The fourth-order valence-electron chi connectivity index (χ4n) is 1.15. The van der Waals surface area contributed by atoms with Crippen LogP contribution in [0.3, 0.4) is 0 Å². The Balaban J connectivity index is 3.09. The molecule has 0 bridgehead atoms. The van der Waals surface area contributed by atoms with Crippen molar-refractivity contribution in [2.45, 2.75) is 12.2 Å². The van der Waals surface area contributed by atoms with Crippen LogP contribution in [-0.2, 0) is 4.79 Å². The van der Waals surface area contributed by atoms with E-state index in [4.69, 9.17) is 20.4 Å². The smallest absolute Gasteiger partial charge is 0.200 e. The molecule has 1 aromatic rings. The third-order valence-electron chi connectivity index (χ3n) is 2.09. The number of Topliss-reactive ketones (excluding diaryl/α,β-unsaturated/α-hetero) is 1. The maximum Gasteiger partial charge on any atom is 0.200 e. The number of rotatable bonds is 4. The first-order valence-corrected chi connectivity index (χ1v) is 4.49. The van der Waals surface area contributed by atoms with Gasteiger partial charge >= 0.3 is 0 Å². The molecule has 92 valence electrons. The Morgan fingerprint density at radius 2 is 1.59 bits per heavy atom. The molecule has 2 atom stereocenters. The van der Waals surface area contributed by atoms with Gasteiger partial charge in [-0.25, -0.2) is 0 Å². The SMILES string of the molecule is O=CC(O)C(O)C(=O)c1cc(O)c(O)c(O)c1. The van der Waals surface area contributed by atoms with E-state index in [1.54, 1.807) is 0 Å². The molecule has 0 heterocycles. The summed E-state index contributed by atoms with van der Waals surface area (Å²) in [4.78, 5) is 21.7. The van der Waals surface area contributed by atoms with E-state index in [2.05, 4.69) is 0 Å². The molecule has 7 heteroatoms. The highest BCUT2D eigenvalue weighted by atomic mass is 16.3. The van der Waals surface area contributed by atoms with Gasteiger partial charge in [0.1, 0.15) is 12.2 Å². The number of aldehydes is 1. The molecule has 2 unspecified atom stereocenters. The summed E-state index contributed by atoms with van der Waals surface area (Å²) in [6.45, 7) is 0. The Morgan fingerprint density at radius 3 is 2.00 bits per heavy atom. The van der Waals surface area contributed by atoms with E-state index in [0.717, 1.165) is 12.1 Å². The Bertz CT molecular complexity index is 431. The third kappa shape index (κ3) is 2.52. The van der Waals surface area contributed by atoms with Crippen molar-refractivity contribution < 1.29 is 35.1 Å². The molecule has 0 saturated heterocycles. The molecular weight excluding hydrogens is 232 g/mol. The molecule has 0 amide bonds. The molecule has 0 aliphatic heterocycles. The van der Waals surface area contributed by atoms with Crippen LogP contribution in [0, 0.1) is 0 Å². The topological polar surface area (TPSA) is 135 Å². The Morgan fingerprint density at radius 1 is 1.12 bits per heavy atom. The van der Waals surface area contributed by atoms with Crippen LogP contribution in [0.15, 0.2) is 12.1 Å². The van der Waals surface area contributed by atoms with Crippen LogP contribution in [0.1, 0.15) is 10.4 Å². The van der Waals surface area contributed by atoms with E-state index in [9.17, 15) is 14.7 Å². The first-order chi connectivity index (χ1) is 7.88. The number of carbonyl (C=O) groups excluding carboxylic acids is 2. The van der Waals surface area contributed by atoms with Gasteiger partial charge in [0.2, 0.25) is 0 Å². The number of hydrogen-bond acceptors (Lipinski definition) is 7. The minimum absolute atomic E-state index is 0.0251. The first kappa shape index (κ1) is 12.9. The summed E-state index contributed by atoms with van der Waals surface area (Å²) in [6.07, 6.45) is -3.93. The maximum absolute atomic E-state index is 11.5. The lowest BCUT2D eigenvalue weighted by Crippen LogP contribution is -2.34. The molecule has 0 aliphatic carbocycles. The molecule has 5 N–H and O–H groups in total. The van der Waals surface area contributed by atoms with E-state index in [-0.39, 0.29) is 11.8 Å². The monoisotopic (exact) mass is 242 g/mol. The molecule has 0 radical (unpaired) electrons. The number of carbonyl (C=O) groups is 2. The van der Waals surface area contributed by atoms with Gasteiger partial charge in [-0.3, -0.25) is 4.79 Å². The van der Waals surface area contributed by atoms with Gasteiger partial charge in [0.25, 0.3) is 0 Å². The van der Waals surface area contributed by atoms with Crippen LogP contribution in [0.4, 0.5) is 0 Å². The predicted molar refractivity (Wildman–Crippen MR) is 53.8 cm³/mol. The largest absolute Gasteiger partial charge is 0.504 e. The lowest BCUT2D eigenvalue weighted by Gasteiger charge is -2.12. The zero-order valence-corrected chi connectivity index (χ0v) is 8.44. The minimum atomic E-state index is -2.00. The van der Waals surface area contributed by atoms with Gasteiger partial charge in [-0.1, -0.05) is 0 Å². The Labute approximate surface area is 95.2 Å². The summed E-state index contributed by atoms with van der Waals surface area (Å²) in [5, 5.41) is 45.5. The van der Waals surface area contributed by atoms with Gasteiger partial charge in [0.05, 0.1) is 0 Å². The molecule has 7 nitrogen and oxygen atoms in total. The molecular formula is C10H10O7. The van der Waals surface area contributed by atoms with Crippen LogP contribution in [0.2, 0.25) is 0 Å². The highest BCUT2D eigenvalue weighted by Crippen LogP contribution is 2.35. The maximum atomic E-state index is 11.5. The zero-order valence-electron chi connectivity index (χ0n) is 8.44. The number of phenolic OH excluding ortho intramolecular Hbond substituents is 3. The second-order valence-electron chi connectivity index (χ2n) is 3.30. The van der Waals surface area contributed by atoms with Crippen LogP contribution in [0.5, 0.6) is 17.2 Å². The van der Waals surface area contributed by atoms with Crippen LogP contribution >= 0.6 is 0 Å². The van der Waals surface area contributed by atoms with Gasteiger partial charge in [-0.15, -0.1) is 0 Å². The molecule has 1 rings (SSSR count). The normalized spacial score (nSPS) is 14.0. The van der Waals surface area contributed by atoms with Crippen molar-refractivity contribution in [2.75, 3.05) is 0 Å². The average molecular weight is 242 g/mol. The quantitative estimate of drug-likeness (QED) is 0.257. The summed E-state index contributed by atoms with van der Waals surface area (Å²) < 4.78 is 0. The standard InChI is InChI=1S/C10H10O7/c11-3-7(14)10(17)8(15)4-1-5(12)9(16)6(13)2-4/h1-3,7,10,12-14,16-17H. The van der Waals surface area contributed by atoms with E-state index in [1.165, 1.54) is 0 Å². The molecule has 0 aromatic heterocycles. The Hall–Kier alpha value is -2.12. The number of benzene rings is 1. The Kier molecular flexibility index (Phi) is 3.66. The van der Waals surface area contributed by atoms with Crippen LogP contribution in [0.25, 0.3) is 0 Å². The predicted octanol–water partition coefficient (Wildman–Crippen LogP) is -1.09. The van der Waals surface area contributed by atoms with Gasteiger partial charge < -0.3 is 30.3 Å². The number of aromatic hydroxyl groups is 3. The summed E-state index contributed by atoms with van der Waals surface area (Å²) in [7, 11) is 0. The second kappa shape index (κ2) is 4.81. The van der Waals surface area contributed by atoms with Crippen molar-refractivity contribution >= 4 is 12.1 Å². The summed E-state index contributed by atoms with van der Waals surface area (Å²) in [6, 6.07) is 1.58.